The van der Waals surface area contributed by atoms with Crippen LogP contribution in [0.25, 0.3) is 22.1 Å². The number of aliphatic hydroxyl groups is 1. The lowest BCUT2D eigenvalue weighted by atomic mass is 10.1. The molecule has 0 radical (unpaired) electrons. The second-order valence-corrected chi connectivity index (χ2v) is 22.4. The monoisotopic (exact) mass is 772 g/mol. The van der Waals surface area contributed by atoms with Crippen LogP contribution in [-0.4, -0.2) is 65.2 Å². The minimum absolute atomic E-state index is 0.154. The van der Waals surface area contributed by atoms with Crippen LogP contribution in [0.4, 0.5) is 0 Å². The Bertz CT molecular complexity index is 2220. The maximum absolute atomic E-state index is 11.4. The van der Waals surface area contributed by atoms with E-state index >= 15 is 0 Å². The molecule has 0 bridgehead atoms. The third kappa shape index (κ3) is 7.58. The molecule has 8 rings (SSSR count). The van der Waals surface area contributed by atoms with E-state index in [1.54, 1.807) is 11.3 Å². The second-order valence-electron chi connectivity index (χ2n) is 15.0. The van der Waals surface area contributed by atoms with Crippen LogP contribution < -0.4 is 0 Å². The fourth-order valence-corrected chi connectivity index (χ4v) is 9.62. The van der Waals surface area contributed by atoms with Gasteiger partial charge in [0.25, 0.3) is 0 Å². The molecule has 2 aliphatic rings. The molecule has 53 heavy (non-hydrogen) atoms. The molecule has 1 saturated heterocycles. The Hall–Kier alpha value is -3.53. The topological polar surface area (TPSA) is 110 Å². The highest BCUT2D eigenvalue weighted by molar-refractivity contribution is 7.13. The molecule has 6 heterocycles. The van der Waals surface area contributed by atoms with Crippen molar-refractivity contribution in [2.45, 2.75) is 84.3 Å². The number of thiophene rings is 2. The molecule has 2 atom stereocenters. The van der Waals surface area contributed by atoms with Crippen molar-refractivity contribution in [2.24, 2.45) is 0 Å². The van der Waals surface area contributed by atoms with Gasteiger partial charge in [-0.3, -0.25) is 4.79 Å². The van der Waals surface area contributed by atoms with Crippen LogP contribution in [0.1, 0.15) is 86.3 Å². The summed E-state index contributed by atoms with van der Waals surface area (Å²) in [7, 11) is -1.86. The minimum atomic E-state index is -1.86. The summed E-state index contributed by atoms with van der Waals surface area (Å²) in [4.78, 5) is 24.4. The van der Waals surface area contributed by atoms with Crippen molar-refractivity contribution >= 4 is 59.3 Å². The molecule has 0 saturated carbocycles. The van der Waals surface area contributed by atoms with Crippen LogP contribution >= 0.6 is 22.7 Å². The lowest BCUT2D eigenvalue weighted by molar-refractivity contribution is -0.0414. The van der Waals surface area contributed by atoms with E-state index < -0.39 is 14.4 Å². The van der Waals surface area contributed by atoms with Gasteiger partial charge in [-0.25, -0.2) is 9.97 Å². The maximum atomic E-state index is 11.4. The number of hydrogen-bond donors (Lipinski definition) is 1. The van der Waals surface area contributed by atoms with Crippen LogP contribution in [0.15, 0.2) is 60.7 Å². The van der Waals surface area contributed by atoms with Gasteiger partial charge in [-0.05, 0) is 68.4 Å². The highest BCUT2D eigenvalue weighted by Gasteiger charge is 2.37. The highest BCUT2D eigenvalue weighted by atomic mass is 32.1. The van der Waals surface area contributed by atoms with Crippen LogP contribution in [-0.2, 0) is 31.7 Å². The van der Waals surface area contributed by atoms with E-state index in [1.807, 2.05) is 62.4 Å². The fraction of sp³-hybridized carbons (Fsp3) is 0.425. The zero-order valence-corrected chi connectivity index (χ0v) is 34.1. The summed E-state index contributed by atoms with van der Waals surface area (Å²) in [6.45, 7) is 19.2. The summed E-state index contributed by atoms with van der Waals surface area (Å²) in [6, 6.07) is 20.1. The number of benzene rings is 2. The molecule has 6 aromatic rings. The Morgan fingerprint density at radius 2 is 1.62 bits per heavy atom. The maximum Gasteiger partial charge on any atom is 0.193 e. The van der Waals surface area contributed by atoms with E-state index in [0.717, 1.165) is 71.4 Å². The molecule has 2 unspecified atom stereocenters. The molecule has 1 fully saturated rings. The Kier molecular flexibility index (Phi) is 10.9. The number of aryl methyl sites for hydroxylation is 2. The van der Waals surface area contributed by atoms with Crippen LogP contribution in [0.5, 0.6) is 0 Å². The number of ether oxygens (including phenoxy) is 3. The van der Waals surface area contributed by atoms with Crippen molar-refractivity contribution in [2.75, 3.05) is 26.4 Å². The highest BCUT2D eigenvalue weighted by Crippen LogP contribution is 2.39. The van der Waals surface area contributed by atoms with Gasteiger partial charge in [-0.15, -0.1) is 22.7 Å². The van der Waals surface area contributed by atoms with Gasteiger partial charge in [0.15, 0.2) is 20.9 Å². The quantitative estimate of drug-likeness (QED) is 0.115. The number of fused-ring (bicyclic) bond motifs is 4. The largest absolute Gasteiger partial charge is 0.415 e. The van der Waals surface area contributed by atoms with E-state index in [9.17, 15) is 9.90 Å². The van der Waals surface area contributed by atoms with E-state index in [2.05, 4.69) is 55.1 Å². The van der Waals surface area contributed by atoms with Gasteiger partial charge >= 0.3 is 0 Å². The van der Waals surface area contributed by atoms with E-state index in [-0.39, 0.29) is 17.4 Å². The molecule has 2 aliphatic heterocycles. The van der Waals surface area contributed by atoms with Gasteiger partial charge in [-0.2, -0.15) is 0 Å². The number of carbonyl (C=O) groups excluding carboxylic acids is 1. The van der Waals surface area contributed by atoms with Crippen molar-refractivity contribution in [3.05, 3.63) is 103 Å². The Morgan fingerprint density at radius 1 is 0.943 bits per heavy atom. The molecule has 0 aliphatic carbocycles. The Labute approximate surface area is 319 Å². The molecular formula is C40H48N4O6S2Si. The van der Waals surface area contributed by atoms with Gasteiger partial charge < -0.3 is 32.9 Å². The van der Waals surface area contributed by atoms with Crippen molar-refractivity contribution < 1.29 is 28.5 Å². The third-order valence-corrected chi connectivity index (χ3v) is 17.1. The lowest BCUT2D eigenvalue weighted by Gasteiger charge is -2.36. The molecular weight excluding hydrogens is 725 g/mol. The smallest absolute Gasteiger partial charge is 0.193 e. The van der Waals surface area contributed by atoms with Gasteiger partial charge in [-0.1, -0.05) is 45.0 Å². The summed E-state index contributed by atoms with van der Waals surface area (Å²) in [5.41, 5.74) is 5.93. The Balaban J connectivity index is 0.000000178. The van der Waals surface area contributed by atoms with Crippen molar-refractivity contribution in [3.8, 4) is 0 Å². The number of carbonyl (C=O) groups is 1. The lowest BCUT2D eigenvalue weighted by Crippen LogP contribution is -2.41. The van der Waals surface area contributed by atoms with Crippen molar-refractivity contribution in [3.63, 3.8) is 0 Å². The van der Waals surface area contributed by atoms with Gasteiger partial charge in [0.1, 0.15) is 23.9 Å². The average molecular weight is 773 g/mol. The van der Waals surface area contributed by atoms with Gasteiger partial charge in [0.2, 0.25) is 0 Å². The molecule has 13 heteroatoms. The number of aldehydes is 1. The normalized spacial score (nSPS) is 17.2. The number of aliphatic hydroxyl groups excluding tert-OH is 1. The first-order valence-corrected chi connectivity index (χ1v) is 22.6. The second kappa shape index (κ2) is 15.3. The zero-order valence-electron chi connectivity index (χ0n) is 31.4. The first-order valence-electron chi connectivity index (χ1n) is 18.1. The van der Waals surface area contributed by atoms with Crippen molar-refractivity contribution in [1.29, 1.82) is 0 Å². The van der Waals surface area contributed by atoms with Crippen LogP contribution in [0.2, 0.25) is 18.1 Å². The molecule has 10 nitrogen and oxygen atoms in total. The molecule has 0 amide bonds. The van der Waals surface area contributed by atoms with E-state index in [0.29, 0.717) is 38.8 Å². The molecule has 2 aromatic carbocycles. The van der Waals surface area contributed by atoms with Crippen molar-refractivity contribution in [1.82, 2.24) is 19.1 Å². The predicted octanol–water partition coefficient (Wildman–Crippen LogP) is 8.89. The van der Waals surface area contributed by atoms with Crippen LogP contribution in [0.3, 0.4) is 0 Å². The Morgan fingerprint density at radius 3 is 2.30 bits per heavy atom. The number of nitrogens with zero attached hydrogens (tertiary/aromatic N) is 4. The third-order valence-electron chi connectivity index (χ3n) is 10.5. The molecule has 280 valence electrons. The first-order chi connectivity index (χ1) is 25.4. The number of rotatable bonds is 9. The summed E-state index contributed by atoms with van der Waals surface area (Å²) < 4.78 is 28.0. The minimum Gasteiger partial charge on any atom is -0.415 e. The number of aromatic nitrogens is 4. The average Bonchev–Trinajstić information content (AvgIpc) is 3.97. The standard InChI is InChI=1S/C24H34N2O4SSi.C16H14N2O2S/c1-16-17(15-20(31-16)23-28-13-14-29-23)21(27)22-25-18-9-7-8-10-19(18)26(22)11-12-30-32(5,6)24(2,3)4;1-10-12(8-11(9-19)21-10)15-16-17-13-4-2-3-5-14(13)18(16)6-7-20-15/h7-10,15,21,23,27H,11-14H2,1-6H3;2-5,8-9,15H,6-7H2,1H3. The zero-order chi connectivity index (χ0) is 37.5. The molecule has 1 N–H and O–H groups in total. The van der Waals surface area contributed by atoms with Crippen LogP contribution in [0, 0.1) is 13.8 Å². The SMILES string of the molecule is Cc1sc(C2OCCO2)cc1C(O)c1nc2ccccc2n1CCO[Si](C)(C)C(C)(C)C.Cc1sc(C=O)cc1C1OCCn2c1nc1ccccc12. The molecule has 0 spiro atoms. The summed E-state index contributed by atoms with van der Waals surface area (Å²) >= 11 is 3.11. The number of imidazole rings is 2. The van der Waals surface area contributed by atoms with E-state index in [1.165, 1.54) is 11.3 Å². The number of para-hydroxylation sites is 4. The van der Waals surface area contributed by atoms with Gasteiger partial charge in [0, 0.05) is 34.0 Å². The van der Waals surface area contributed by atoms with E-state index in [4.69, 9.17) is 28.6 Å². The fourth-order valence-electron chi connectivity index (χ4n) is 6.65. The summed E-state index contributed by atoms with van der Waals surface area (Å²) in [5.74, 6) is 1.58. The summed E-state index contributed by atoms with van der Waals surface area (Å²) in [5, 5.41) is 11.6. The number of hydrogen-bond acceptors (Lipinski definition) is 10. The predicted molar refractivity (Wildman–Crippen MR) is 213 cm³/mol. The molecule has 4 aromatic heterocycles. The van der Waals surface area contributed by atoms with Gasteiger partial charge in [0.05, 0.1) is 58.2 Å². The first kappa shape index (κ1) is 37.8. The summed E-state index contributed by atoms with van der Waals surface area (Å²) in [6.07, 6.45) is -0.457.